The van der Waals surface area contributed by atoms with Gasteiger partial charge in [-0.1, -0.05) is 17.7 Å². The molecule has 18 heavy (non-hydrogen) atoms. The van der Waals surface area contributed by atoms with E-state index in [1.165, 1.54) is 37.1 Å². The first kappa shape index (κ1) is 13.4. The van der Waals surface area contributed by atoms with Crippen LogP contribution in [0.3, 0.4) is 0 Å². The van der Waals surface area contributed by atoms with E-state index in [1.807, 2.05) is 0 Å². The maximum absolute atomic E-state index is 5.45. The Morgan fingerprint density at radius 2 is 2.06 bits per heavy atom. The maximum Gasteiger partial charge on any atom is 0.123 e. The number of aryl methyl sites for hydroxylation is 1. The van der Waals surface area contributed by atoms with Gasteiger partial charge in [-0.05, 0) is 46.0 Å². The van der Waals surface area contributed by atoms with Gasteiger partial charge in [0.2, 0.25) is 0 Å². The minimum atomic E-state index is 0.695. The van der Waals surface area contributed by atoms with E-state index in [1.54, 1.807) is 7.11 Å². The van der Waals surface area contributed by atoms with Gasteiger partial charge in [-0.2, -0.15) is 0 Å². The number of ether oxygens (including phenoxy) is 1. The molecule has 0 amide bonds. The van der Waals surface area contributed by atoms with Crippen molar-refractivity contribution in [2.75, 3.05) is 27.2 Å². The van der Waals surface area contributed by atoms with Gasteiger partial charge in [0.15, 0.2) is 0 Å². The van der Waals surface area contributed by atoms with Crippen molar-refractivity contribution in [2.45, 2.75) is 32.4 Å². The van der Waals surface area contributed by atoms with Crippen LogP contribution in [0.25, 0.3) is 0 Å². The number of hydrogen-bond acceptors (Lipinski definition) is 3. The molecule has 0 unspecified atom stereocenters. The first-order valence-corrected chi connectivity index (χ1v) is 6.76. The molecular weight excluding hydrogens is 224 g/mol. The predicted molar refractivity (Wildman–Crippen MR) is 75.1 cm³/mol. The molecule has 0 bridgehead atoms. The Hall–Kier alpha value is -1.06. The molecule has 1 aliphatic heterocycles. The Kier molecular flexibility index (Phi) is 4.61. The molecule has 2 rings (SSSR count). The van der Waals surface area contributed by atoms with Gasteiger partial charge in [0.1, 0.15) is 5.75 Å². The second kappa shape index (κ2) is 6.21. The average molecular weight is 248 g/mol. The summed E-state index contributed by atoms with van der Waals surface area (Å²) in [6, 6.07) is 7.12. The molecule has 1 aromatic rings. The molecule has 1 N–H and O–H groups in total. The monoisotopic (exact) mass is 248 g/mol. The Balaban J connectivity index is 1.99. The molecule has 0 radical (unpaired) electrons. The summed E-state index contributed by atoms with van der Waals surface area (Å²) in [6.45, 7) is 5.47. The molecule has 1 heterocycles. The fourth-order valence-electron chi connectivity index (χ4n) is 2.65. The number of methoxy groups -OCH3 is 1. The summed E-state index contributed by atoms with van der Waals surface area (Å²) in [5.41, 5.74) is 2.61. The summed E-state index contributed by atoms with van der Waals surface area (Å²) in [5.74, 6) is 1.01. The summed E-state index contributed by atoms with van der Waals surface area (Å²) in [6.07, 6.45) is 2.48. The second-order valence-electron chi connectivity index (χ2n) is 5.15. The van der Waals surface area contributed by atoms with E-state index >= 15 is 0 Å². The molecule has 3 nitrogen and oxygen atoms in total. The van der Waals surface area contributed by atoms with Crippen LogP contribution in [-0.2, 0) is 6.54 Å². The van der Waals surface area contributed by atoms with E-state index in [4.69, 9.17) is 4.74 Å². The van der Waals surface area contributed by atoms with Crippen molar-refractivity contribution in [3.05, 3.63) is 29.3 Å². The maximum atomic E-state index is 5.45. The normalized spacial score (nSPS) is 17.9. The van der Waals surface area contributed by atoms with Gasteiger partial charge in [-0.25, -0.2) is 0 Å². The van der Waals surface area contributed by atoms with E-state index in [0.717, 1.165) is 12.3 Å². The number of nitrogens with zero attached hydrogens (tertiary/aromatic N) is 1. The van der Waals surface area contributed by atoms with Crippen LogP contribution in [0.2, 0.25) is 0 Å². The van der Waals surface area contributed by atoms with E-state index in [9.17, 15) is 0 Å². The summed E-state index contributed by atoms with van der Waals surface area (Å²) < 4.78 is 5.45. The minimum absolute atomic E-state index is 0.695. The lowest BCUT2D eigenvalue weighted by Crippen LogP contribution is -2.40. The van der Waals surface area contributed by atoms with Crippen molar-refractivity contribution in [1.82, 2.24) is 10.2 Å². The van der Waals surface area contributed by atoms with Gasteiger partial charge in [-0.15, -0.1) is 0 Å². The third-order valence-corrected chi connectivity index (χ3v) is 3.83. The second-order valence-corrected chi connectivity index (χ2v) is 5.15. The topological polar surface area (TPSA) is 24.5 Å². The van der Waals surface area contributed by atoms with Crippen molar-refractivity contribution >= 4 is 0 Å². The number of nitrogens with one attached hydrogen (secondary N) is 1. The van der Waals surface area contributed by atoms with Crippen LogP contribution in [-0.4, -0.2) is 38.2 Å². The molecule has 0 saturated carbocycles. The summed E-state index contributed by atoms with van der Waals surface area (Å²) >= 11 is 0. The quantitative estimate of drug-likeness (QED) is 0.884. The highest BCUT2D eigenvalue weighted by atomic mass is 16.5. The zero-order valence-corrected chi connectivity index (χ0v) is 11.7. The number of benzene rings is 1. The first-order valence-electron chi connectivity index (χ1n) is 6.76. The fourth-order valence-corrected chi connectivity index (χ4v) is 2.65. The van der Waals surface area contributed by atoms with Crippen LogP contribution in [0.4, 0.5) is 0 Å². The van der Waals surface area contributed by atoms with Crippen LogP contribution in [0.5, 0.6) is 5.75 Å². The molecule has 0 aromatic heterocycles. The largest absolute Gasteiger partial charge is 0.496 e. The molecule has 3 heteroatoms. The van der Waals surface area contributed by atoms with E-state index in [2.05, 4.69) is 42.4 Å². The Morgan fingerprint density at radius 3 is 2.67 bits per heavy atom. The molecule has 100 valence electrons. The Morgan fingerprint density at radius 1 is 1.33 bits per heavy atom. The average Bonchev–Trinajstić information content (AvgIpc) is 2.40. The van der Waals surface area contributed by atoms with Crippen molar-refractivity contribution in [1.29, 1.82) is 0 Å². The van der Waals surface area contributed by atoms with Crippen LogP contribution in [0, 0.1) is 6.92 Å². The molecular formula is C15H24N2O. The Labute approximate surface area is 110 Å². The van der Waals surface area contributed by atoms with E-state index in [0.29, 0.717) is 6.04 Å². The highest BCUT2D eigenvalue weighted by Gasteiger charge is 2.18. The Bertz CT molecular complexity index is 384. The van der Waals surface area contributed by atoms with Gasteiger partial charge in [0.05, 0.1) is 7.11 Å². The summed E-state index contributed by atoms with van der Waals surface area (Å²) in [7, 11) is 3.81. The number of likely N-dealkylation sites (tertiary alicyclic amines) is 1. The molecule has 0 spiro atoms. The zero-order valence-electron chi connectivity index (χ0n) is 11.7. The molecule has 1 aliphatic rings. The van der Waals surface area contributed by atoms with Crippen LogP contribution in [0.1, 0.15) is 24.0 Å². The van der Waals surface area contributed by atoms with E-state index in [-0.39, 0.29) is 0 Å². The number of hydrogen-bond donors (Lipinski definition) is 1. The minimum Gasteiger partial charge on any atom is -0.496 e. The zero-order chi connectivity index (χ0) is 13.0. The molecule has 1 aromatic carbocycles. The molecule has 1 fully saturated rings. The van der Waals surface area contributed by atoms with Gasteiger partial charge < -0.3 is 10.1 Å². The summed E-state index contributed by atoms with van der Waals surface area (Å²) in [4.78, 5) is 2.52. The van der Waals surface area contributed by atoms with Gasteiger partial charge in [0.25, 0.3) is 0 Å². The standard InChI is InChI=1S/C15H24N2O/c1-12-4-5-15(18-3)13(10-12)11-17-8-6-14(16-2)7-9-17/h4-5,10,14,16H,6-9,11H2,1-3H3. The number of piperidine rings is 1. The molecule has 0 atom stereocenters. The van der Waals surface area contributed by atoms with Crippen LogP contribution in [0.15, 0.2) is 18.2 Å². The lowest BCUT2D eigenvalue weighted by Gasteiger charge is -2.32. The van der Waals surface area contributed by atoms with Crippen molar-refractivity contribution in [3.63, 3.8) is 0 Å². The smallest absolute Gasteiger partial charge is 0.123 e. The number of rotatable bonds is 4. The third kappa shape index (κ3) is 3.24. The van der Waals surface area contributed by atoms with E-state index < -0.39 is 0 Å². The SMILES string of the molecule is CNC1CCN(Cc2cc(C)ccc2OC)CC1. The van der Waals surface area contributed by atoms with Crippen LogP contribution < -0.4 is 10.1 Å². The first-order chi connectivity index (χ1) is 8.72. The van der Waals surface area contributed by atoms with Crippen LogP contribution >= 0.6 is 0 Å². The highest BCUT2D eigenvalue weighted by Crippen LogP contribution is 2.23. The van der Waals surface area contributed by atoms with Crippen molar-refractivity contribution in [2.24, 2.45) is 0 Å². The lowest BCUT2D eigenvalue weighted by atomic mass is 10.0. The van der Waals surface area contributed by atoms with Crippen molar-refractivity contribution < 1.29 is 4.74 Å². The van der Waals surface area contributed by atoms with Gasteiger partial charge in [0, 0.05) is 18.2 Å². The third-order valence-electron chi connectivity index (χ3n) is 3.83. The predicted octanol–water partition coefficient (Wildman–Crippen LogP) is 2.19. The van der Waals surface area contributed by atoms with Crippen molar-refractivity contribution in [3.8, 4) is 5.75 Å². The molecule has 0 aliphatic carbocycles. The summed E-state index contributed by atoms with van der Waals surface area (Å²) in [5, 5.41) is 3.37. The van der Waals surface area contributed by atoms with Gasteiger partial charge >= 0.3 is 0 Å². The highest BCUT2D eigenvalue weighted by molar-refractivity contribution is 5.36. The molecule has 1 saturated heterocycles. The van der Waals surface area contributed by atoms with Gasteiger partial charge in [-0.3, -0.25) is 4.90 Å². The lowest BCUT2D eigenvalue weighted by molar-refractivity contribution is 0.192. The fraction of sp³-hybridized carbons (Fsp3) is 0.600.